The molecule has 0 saturated carbocycles. The van der Waals surface area contributed by atoms with Crippen LogP contribution in [0.4, 0.5) is 4.39 Å². The molecule has 0 aliphatic rings. The molecule has 0 aliphatic heterocycles. The average molecular weight is 355 g/mol. The van der Waals surface area contributed by atoms with Gasteiger partial charge in [0.2, 0.25) is 0 Å². The molecule has 0 aliphatic carbocycles. The molecule has 25 heavy (non-hydrogen) atoms. The summed E-state index contributed by atoms with van der Waals surface area (Å²) in [6.07, 6.45) is 3.43. The summed E-state index contributed by atoms with van der Waals surface area (Å²) in [7, 11) is 0. The molecule has 3 aromatic rings. The van der Waals surface area contributed by atoms with Gasteiger partial charge in [-0.2, -0.15) is 0 Å². The Hall–Kier alpha value is -2.40. The van der Waals surface area contributed by atoms with Crippen LogP contribution in [0.1, 0.15) is 30.9 Å². The van der Waals surface area contributed by atoms with E-state index in [1.54, 1.807) is 31.5 Å². The third-order valence-corrected chi connectivity index (χ3v) is 5.48. The highest BCUT2D eigenvalue weighted by Gasteiger charge is 2.20. The van der Waals surface area contributed by atoms with Gasteiger partial charge >= 0.3 is 5.97 Å². The van der Waals surface area contributed by atoms with Gasteiger partial charge in [-0.3, -0.25) is 9.78 Å². The maximum Gasteiger partial charge on any atom is 0.316 e. The topological polar surface area (TPSA) is 50.2 Å². The van der Waals surface area contributed by atoms with Gasteiger partial charge in [0.15, 0.2) is 0 Å². The highest BCUT2D eigenvalue weighted by molar-refractivity contribution is 8.00. The fourth-order valence-electron chi connectivity index (χ4n) is 2.90. The summed E-state index contributed by atoms with van der Waals surface area (Å²) < 4.78 is 14.1. The molecule has 2 aromatic carbocycles. The molecule has 0 fully saturated rings. The van der Waals surface area contributed by atoms with Crippen molar-refractivity contribution in [2.75, 3.05) is 0 Å². The number of fused-ring (bicyclic) bond motifs is 1. The van der Waals surface area contributed by atoms with Crippen molar-refractivity contribution >= 4 is 28.5 Å². The number of carbonyl (C=O) groups is 1. The number of halogens is 1. The number of hydrogen-bond donors (Lipinski definition) is 1. The predicted octanol–water partition coefficient (Wildman–Crippen LogP) is 5.09. The van der Waals surface area contributed by atoms with E-state index in [4.69, 9.17) is 0 Å². The van der Waals surface area contributed by atoms with Gasteiger partial charge < -0.3 is 5.11 Å². The Bertz CT molecular complexity index is 928. The summed E-state index contributed by atoms with van der Waals surface area (Å²) in [5.41, 5.74) is 1.94. The van der Waals surface area contributed by atoms with Crippen LogP contribution in [0.15, 0.2) is 59.8 Å². The Morgan fingerprint density at radius 1 is 1.08 bits per heavy atom. The molecular weight excluding hydrogens is 337 g/mol. The normalized spacial score (nSPS) is 13.6. The van der Waals surface area contributed by atoms with E-state index in [2.05, 4.69) is 4.98 Å². The van der Waals surface area contributed by atoms with Gasteiger partial charge in [-0.15, -0.1) is 11.8 Å². The maximum absolute atomic E-state index is 14.1. The largest absolute Gasteiger partial charge is 0.480 e. The number of hydrogen-bond acceptors (Lipinski definition) is 3. The van der Waals surface area contributed by atoms with E-state index in [-0.39, 0.29) is 11.7 Å². The molecule has 0 radical (unpaired) electrons. The number of aliphatic carboxylic acids is 1. The summed E-state index contributed by atoms with van der Waals surface area (Å²) >= 11 is 1.30. The number of carboxylic acid groups (broad SMARTS) is 1. The lowest BCUT2D eigenvalue weighted by Crippen LogP contribution is -2.12. The smallest absolute Gasteiger partial charge is 0.316 e. The number of aromatic nitrogens is 1. The predicted molar refractivity (Wildman–Crippen MR) is 98.6 cm³/mol. The van der Waals surface area contributed by atoms with Gasteiger partial charge in [0, 0.05) is 28.6 Å². The van der Waals surface area contributed by atoms with Crippen molar-refractivity contribution in [2.45, 2.75) is 29.9 Å². The van der Waals surface area contributed by atoms with E-state index in [1.165, 1.54) is 17.8 Å². The molecule has 0 bridgehead atoms. The minimum absolute atomic E-state index is 0.0392. The number of nitrogens with zero attached hydrogens (tertiary/aromatic N) is 1. The van der Waals surface area contributed by atoms with E-state index < -0.39 is 11.2 Å². The summed E-state index contributed by atoms with van der Waals surface area (Å²) in [5.74, 6) is -1.14. The van der Waals surface area contributed by atoms with Crippen LogP contribution in [0, 0.1) is 5.82 Å². The fraction of sp³-hybridized carbons (Fsp3) is 0.200. The average Bonchev–Trinajstić information content (AvgIpc) is 2.62. The van der Waals surface area contributed by atoms with Crippen molar-refractivity contribution in [1.82, 2.24) is 4.98 Å². The van der Waals surface area contributed by atoms with Crippen LogP contribution in [0.3, 0.4) is 0 Å². The number of benzene rings is 2. The monoisotopic (exact) mass is 355 g/mol. The van der Waals surface area contributed by atoms with Gasteiger partial charge in [0.05, 0.1) is 0 Å². The zero-order valence-electron chi connectivity index (χ0n) is 13.9. The minimum Gasteiger partial charge on any atom is -0.480 e. The van der Waals surface area contributed by atoms with E-state index in [9.17, 15) is 14.3 Å². The molecule has 0 saturated heterocycles. The molecule has 1 heterocycles. The van der Waals surface area contributed by atoms with Gasteiger partial charge in [-0.1, -0.05) is 37.3 Å². The first kappa shape index (κ1) is 17.4. The van der Waals surface area contributed by atoms with Gasteiger partial charge in [-0.05, 0) is 35.6 Å². The third kappa shape index (κ3) is 3.51. The first-order chi connectivity index (χ1) is 12.0. The maximum atomic E-state index is 14.1. The lowest BCUT2D eigenvalue weighted by Gasteiger charge is -2.19. The first-order valence-electron chi connectivity index (χ1n) is 7.99. The summed E-state index contributed by atoms with van der Waals surface area (Å²) in [5, 5.41) is 10.1. The Morgan fingerprint density at radius 2 is 1.80 bits per heavy atom. The van der Waals surface area contributed by atoms with Crippen LogP contribution in [-0.4, -0.2) is 21.3 Å². The summed E-state index contributed by atoms with van der Waals surface area (Å²) in [6, 6.07) is 12.5. The molecule has 1 aromatic heterocycles. The number of rotatable bonds is 5. The van der Waals surface area contributed by atoms with Crippen LogP contribution < -0.4 is 0 Å². The van der Waals surface area contributed by atoms with Crippen LogP contribution in [0.2, 0.25) is 0 Å². The second kappa shape index (κ2) is 7.23. The highest BCUT2D eigenvalue weighted by Crippen LogP contribution is 2.37. The van der Waals surface area contributed by atoms with E-state index in [1.807, 2.05) is 31.2 Å². The molecule has 0 spiro atoms. The zero-order valence-corrected chi connectivity index (χ0v) is 14.8. The second-order valence-corrected chi connectivity index (χ2v) is 7.30. The second-order valence-electron chi connectivity index (χ2n) is 5.92. The lowest BCUT2D eigenvalue weighted by atomic mass is 9.90. The summed E-state index contributed by atoms with van der Waals surface area (Å²) in [4.78, 5) is 16.3. The SMILES string of the molecule is CC(Sc1ccncc1C(C)c1ccc(F)c2ccccc12)C(=O)O. The zero-order chi connectivity index (χ0) is 18.0. The van der Waals surface area contributed by atoms with Crippen molar-refractivity contribution in [3.05, 3.63) is 71.8 Å². The molecule has 1 N–H and O–H groups in total. The van der Waals surface area contributed by atoms with Gasteiger partial charge in [0.1, 0.15) is 11.1 Å². The molecular formula is C20H18FNO2S. The van der Waals surface area contributed by atoms with E-state index in [0.717, 1.165) is 21.4 Å². The fourth-order valence-corrected chi connectivity index (χ4v) is 3.88. The molecule has 3 nitrogen and oxygen atoms in total. The standard InChI is InChI=1S/C20H18FNO2S/c1-12(14-7-8-18(21)16-6-4-3-5-15(14)16)17-11-22-10-9-19(17)25-13(2)20(23)24/h3-13H,1-2H3,(H,23,24). The van der Waals surface area contributed by atoms with Crippen LogP contribution in [0.25, 0.3) is 10.8 Å². The van der Waals surface area contributed by atoms with Crippen molar-refractivity contribution < 1.29 is 14.3 Å². The Morgan fingerprint density at radius 3 is 2.52 bits per heavy atom. The molecule has 3 rings (SSSR count). The van der Waals surface area contributed by atoms with E-state index >= 15 is 0 Å². The van der Waals surface area contributed by atoms with Crippen molar-refractivity contribution in [1.29, 1.82) is 0 Å². The first-order valence-corrected chi connectivity index (χ1v) is 8.87. The molecule has 2 atom stereocenters. The molecule has 5 heteroatoms. The number of thioether (sulfide) groups is 1. The number of pyridine rings is 1. The Balaban J connectivity index is 2.07. The van der Waals surface area contributed by atoms with Crippen molar-refractivity contribution in [3.63, 3.8) is 0 Å². The minimum atomic E-state index is -0.854. The molecule has 128 valence electrons. The molecule has 0 amide bonds. The Kier molecular flexibility index (Phi) is 5.04. The van der Waals surface area contributed by atoms with Crippen molar-refractivity contribution in [3.8, 4) is 0 Å². The lowest BCUT2D eigenvalue weighted by molar-refractivity contribution is -0.136. The van der Waals surface area contributed by atoms with Crippen LogP contribution in [0.5, 0.6) is 0 Å². The van der Waals surface area contributed by atoms with Crippen molar-refractivity contribution in [2.24, 2.45) is 0 Å². The van der Waals surface area contributed by atoms with E-state index in [0.29, 0.717) is 5.39 Å². The van der Waals surface area contributed by atoms with Gasteiger partial charge in [-0.25, -0.2) is 4.39 Å². The molecule has 2 unspecified atom stereocenters. The number of carboxylic acids is 1. The quantitative estimate of drug-likeness (QED) is 0.648. The van der Waals surface area contributed by atoms with Crippen LogP contribution in [-0.2, 0) is 4.79 Å². The Labute approximate surface area is 149 Å². The third-order valence-electron chi connectivity index (χ3n) is 4.30. The highest BCUT2D eigenvalue weighted by atomic mass is 32.2. The van der Waals surface area contributed by atoms with Gasteiger partial charge in [0.25, 0.3) is 0 Å². The summed E-state index contributed by atoms with van der Waals surface area (Å²) in [6.45, 7) is 3.70. The van der Waals surface area contributed by atoms with Crippen LogP contribution >= 0.6 is 11.8 Å².